The first-order chi connectivity index (χ1) is 9.70. The van der Waals surface area contributed by atoms with E-state index in [1.54, 1.807) is 0 Å². The van der Waals surface area contributed by atoms with Gasteiger partial charge in [0.2, 0.25) is 11.8 Å². The molecule has 0 aliphatic carbocycles. The number of nitrogens with one attached hydrogen (secondary N) is 2. The molecule has 0 aliphatic rings. The maximum Gasteiger partial charge on any atom is 0.505 e. The van der Waals surface area contributed by atoms with E-state index in [4.69, 9.17) is 5.11 Å². The van der Waals surface area contributed by atoms with Crippen molar-refractivity contribution in [3.8, 4) is 0 Å². The van der Waals surface area contributed by atoms with Crippen LogP contribution in [0.5, 0.6) is 0 Å². The van der Waals surface area contributed by atoms with Crippen molar-refractivity contribution in [1.82, 2.24) is 10.6 Å². The van der Waals surface area contributed by atoms with Gasteiger partial charge in [0.15, 0.2) is 0 Å². The highest BCUT2D eigenvalue weighted by Crippen LogP contribution is 2.21. The average molecular weight is 322 g/mol. The van der Waals surface area contributed by atoms with Crippen LogP contribution in [0.25, 0.3) is 0 Å². The molecule has 0 bridgehead atoms. The largest absolute Gasteiger partial charge is 0.505 e. The third-order valence-corrected chi connectivity index (χ3v) is 2.87. The van der Waals surface area contributed by atoms with E-state index in [2.05, 4.69) is 28.0 Å². The van der Waals surface area contributed by atoms with Crippen LogP contribution in [-0.2, 0) is 14.3 Å². The molecule has 0 spiro atoms. The molecule has 0 aromatic carbocycles. The summed E-state index contributed by atoms with van der Waals surface area (Å²) in [4.78, 5) is 33.3. The number of carboxylic acid groups (broad SMARTS) is 1. The fourth-order valence-electron chi connectivity index (χ4n) is 1.36. The van der Waals surface area contributed by atoms with Crippen LogP contribution in [0.2, 0.25) is 0 Å². The summed E-state index contributed by atoms with van der Waals surface area (Å²) in [5.74, 6) is -0.391. The van der Waals surface area contributed by atoms with Crippen molar-refractivity contribution in [3.05, 3.63) is 0 Å². The van der Waals surface area contributed by atoms with Crippen molar-refractivity contribution in [2.45, 2.75) is 26.4 Å². The summed E-state index contributed by atoms with van der Waals surface area (Å²) in [6.45, 7) is 3.20. The average Bonchev–Trinajstić information content (AvgIpc) is 2.42. The molecule has 4 N–H and O–H groups in total. The standard InChI is InChI=1S/C12H22N2O6S/c1-12(2,7-20-11(18)19)9(16)10(17)14-4-3-8(15)13-5-6-21/h9,16,21H,3-7H2,1-2H3,(H,13,15)(H,14,17)(H,18,19). The van der Waals surface area contributed by atoms with Gasteiger partial charge in [0.1, 0.15) is 12.7 Å². The van der Waals surface area contributed by atoms with Crippen molar-refractivity contribution in [2.75, 3.05) is 25.4 Å². The normalized spacial score (nSPS) is 12.4. The second kappa shape index (κ2) is 9.46. The summed E-state index contributed by atoms with van der Waals surface area (Å²) in [6.07, 6.45) is -2.84. The third-order valence-electron chi connectivity index (χ3n) is 2.64. The van der Waals surface area contributed by atoms with Crippen LogP contribution in [-0.4, -0.2) is 59.7 Å². The first-order valence-electron chi connectivity index (χ1n) is 6.39. The monoisotopic (exact) mass is 322 g/mol. The van der Waals surface area contributed by atoms with Crippen molar-refractivity contribution in [2.24, 2.45) is 5.41 Å². The van der Waals surface area contributed by atoms with Crippen LogP contribution in [0, 0.1) is 5.41 Å². The molecule has 0 aromatic heterocycles. The van der Waals surface area contributed by atoms with Crippen LogP contribution in [0.15, 0.2) is 0 Å². The van der Waals surface area contributed by atoms with Gasteiger partial charge in [-0.1, -0.05) is 13.8 Å². The van der Waals surface area contributed by atoms with E-state index in [9.17, 15) is 19.5 Å². The predicted molar refractivity (Wildman–Crippen MR) is 78.3 cm³/mol. The maximum absolute atomic E-state index is 11.7. The lowest BCUT2D eigenvalue weighted by Gasteiger charge is -2.28. The van der Waals surface area contributed by atoms with Gasteiger partial charge in [-0.05, 0) is 0 Å². The van der Waals surface area contributed by atoms with Gasteiger partial charge in [-0.25, -0.2) is 4.79 Å². The minimum atomic E-state index is -1.48. The topological polar surface area (TPSA) is 125 Å². The Hall–Kier alpha value is -1.48. The van der Waals surface area contributed by atoms with Gasteiger partial charge in [0.25, 0.3) is 0 Å². The van der Waals surface area contributed by atoms with E-state index >= 15 is 0 Å². The molecule has 122 valence electrons. The molecule has 0 fully saturated rings. The molecule has 0 heterocycles. The van der Waals surface area contributed by atoms with Crippen molar-refractivity contribution in [3.63, 3.8) is 0 Å². The van der Waals surface area contributed by atoms with Gasteiger partial charge in [0, 0.05) is 30.7 Å². The molecule has 2 amide bonds. The Kier molecular flexibility index (Phi) is 8.79. The molecular formula is C12H22N2O6S. The van der Waals surface area contributed by atoms with Crippen LogP contribution >= 0.6 is 12.6 Å². The van der Waals surface area contributed by atoms with E-state index in [1.165, 1.54) is 13.8 Å². The quantitative estimate of drug-likeness (QED) is 0.291. The Morgan fingerprint density at radius 3 is 2.38 bits per heavy atom. The lowest BCUT2D eigenvalue weighted by Crippen LogP contribution is -2.46. The molecule has 0 radical (unpaired) electrons. The molecular weight excluding hydrogens is 300 g/mol. The highest BCUT2D eigenvalue weighted by atomic mass is 32.1. The number of ether oxygens (including phenoxy) is 1. The number of carbonyl (C=O) groups is 3. The number of carbonyl (C=O) groups excluding carboxylic acids is 2. The Morgan fingerprint density at radius 1 is 1.24 bits per heavy atom. The number of aliphatic hydroxyl groups excluding tert-OH is 1. The summed E-state index contributed by atoms with van der Waals surface area (Å²) in [7, 11) is 0. The number of thiol groups is 1. The van der Waals surface area contributed by atoms with Gasteiger partial charge in [0.05, 0.1) is 0 Å². The lowest BCUT2D eigenvalue weighted by atomic mass is 9.87. The minimum absolute atomic E-state index is 0.0736. The summed E-state index contributed by atoms with van der Waals surface area (Å²) in [6, 6.07) is 0. The fraction of sp³-hybridized carbons (Fsp3) is 0.750. The molecule has 21 heavy (non-hydrogen) atoms. The maximum atomic E-state index is 11.7. The van der Waals surface area contributed by atoms with E-state index in [-0.39, 0.29) is 25.5 Å². The van der Waals surface area contributed by atoms with Gasteiger partial charge in [-0.3, -0.25) is 9.59 Å². The first kappa shape index (κ1) is 19.5. The smallest absolute Gasteiger partial charge is 0.450 e. The van der Waals surface area contributed by atoms with Crippen LogP contribution < -0.4 is 10.6 Å². The second-order valence-corrected chi connectivity index (χ2v) is 5.51. The lowest BCUT2D eigenvalue weighted by molar-refractivity contribution is -0.137. The highest BCUT2D eigenvalue weighted by Gasteiger charge is 2.34. The zero-order valence-corrected chi connectivity index (χ0v) is 13.0. The Balaban J connectivity index is 4.14. The molecule has 8 nitrogen and oxygen atoms in total. The van der Waals surface area contributed by atoms with E-state index in [0.717, 1.165) is 0 Å². The number of hydrogen-bond donors (Lipinski definition) is 5. The SMILES string of the molecule is CC(C)(COC(=O)O)C(O)C(=O)NCCC(=O)NCCS. The molecule has 1 atom stereocenters. The first-order valence-corrected chi connectivity index (χ1v) is 7.03. The minimum Gasteiger partial charge on any atom is -0.450 e. The van der Waals surface area contributed by atoms with Gasteiger partial charge < -0.3 is 25.6 Å². The van der Waals surface area contributed by atoms with Gasteiger partial charge >= 0.3 is 6.16 Å². The van der Waals surface area contributed by atoms with Gasteiger partial charge in [-0.15, -0.1) is 0 Å². The summed E-state index contributed by atoms with van der Waals surface area (Å²) < 4.78 is 4.37. The van der Waals surface area contributed by atoms with Crippen LogP contribution in [0.3, 0.4) is 0 Å². The van der Waals surface area contributed by atoms with Crippen molar-refractivity contribution in [1.29, 1.82) is 0 Å². The molecule has 0 aliphatic heterocycles. The van der Waals surface area contributed by atoms with Gasteiger partial charge in [-0.2, -0.15) is 12.6 Å². The Morgan fingerprint density at radius 2 is 1.86 bits per heavy atom. The van der Waals surface area contributed by atoms with Crippen LogP contribution in [0.1, 0.15) is 20.3 Å². The molecule has 0 saturated heterocycles. The summed E-state index contributed by atoms with van der Waals surface area (Å²) in [5, 5.41) is 23.3. The number of amides is 2. The van der Waals surface area contributed by atoms with E-state index in [0.29, 0.717) is 12.3 Å². The molecule has 0 rings (SSSR count). The number of aliphatic hydroxyl groups is 1. The van der Waals surface area contributed by atoms with Crippen molar-refractivity contribution >= 4 is 30.6 Å². The number of hydrogen-bond acceptors (Lipinski definition) is 6. The summed E-state index contributed by atoms with van der Waals surface area (Å²) >= 11 is 3.94. The highest BCUT2D eigenvalue weighted by molar-refractivity contribution is 7.80. The molecule has 1 unspecified atom stereocenters. The van der Waals surface area contributed by atoms with E-state index < -0.39 is 23.6 Å². The Labute approximate surface area is 128 Å². The zero-order chi connectivity index (χ0) is 16.5. The molecule has 0 saturated carbocycles. The molecule has 9 heteroatoms. The third kappa shape index (κ3) is 8.41. The van der Waals surface area contributed by atoms with Crippen molar-refractivity contribution < 1.29 is 29.3 Å². The number of rotatable bonds is 9. The van der Waals surface area contributed by atoms with Crippen LogP contribution in [0.4, 0.5) is 4.79 Å². The fourth-order valence-corrected chi connectivity index (χ4v) is 1.47. The molecule has 0 aromatic rings. The summed E-state index contributed by atoms with van der Waals surface area (Å²) in [5.41, 5.74) is -1.07. The van der Waals surface area contributed by atoms with E-state index in [1.807, 2.05) is 0 Å². The predicted octanol–water partition coefficient (Wildman–Crippen LogP) is -0.380. The zero-order valence-electron chi connectivity index (χ0n) is 12.1. The Bertz CT molecular complexity index is 375. The second-order valence-electron chi connectivity index (χ2n) is 5.06.